The number of aromatic amines is 1. The number of hydrogen-bond acceptors (Lipinski definition) is 4. The summed E-state index contributed by atoms with van der Waals surface area (Å²) < 4.78 is 0. The molecule has 2 atom stereocenters. The fourth-order valence-corrected chi connectivity index (χ4v) is 3.69. The first kappa shape index (κ1) is 18.4. The highest BCUT2D eigenvalue weighted by Crippen LogP contribution is 2.21. The Labute approximate surface area is 153 Å². The minimum absolute atomic E-state index is 0.00375. The number of benzene rings is 1. The average Bonchev–Trinajstić information content (AvgIpc) is 3.17. The van der Waals surface area contributed by atoms with Crippen LogP contribution >= 0.6 is 0 Å². The van der Waals surface area contributed by atoms with E-state index in [1.165, 1.54) is 0 Å². The van der Waals surface area contributed by atoms with Gasteiger partial charge in [-0.2, -0.15) is 0 Å². The number of nitrogens with two attached hydrogens (primary N) is 1. The molecule has 1 saturated heterocycles. The van der Waals surface area contributed by atoms with Crippen LogP contribution in [0.4, 0.5) is 0 Å². The maximum atomic E-state index is 12.9. The van der Waals surface area contributed by atoms with Gasteiger partial charge in [-0.05, 0) is 44.9 Å². The van der Waals surface area contributed by atoms with Crippen LogP contribution in [0.1, 0.15) is 31.7 Å². The number of H-pyrrole nitrogens is 1. The molecular formula is C19H27N5O2. The molecule has 0 unspecified atom stereocenters. The summed E-state index contributed by atoms with van der Waals surface area (Å²) in [6, 6.07) is 5.18. The van der Waals surface area contributed by atoms with Crippen LogP contribution in [0.15, 0.2) is 18.2 Å². The van der Waals surface area contributed by atoms with Gasteiger partial charge < -0.3 is 20.5 Å². The summed E-state index contributed by atoms with van der Waals surface area (Å²) in [5.41, 5.74) is 8.77. The number of fused-ring (bicyclic) bond motifs is 1. The van der Waals surface area contributed by atoms with E-state index in [1.54, 1.807) is 9.80 Å². The highest BCUT2D eigenvalue weighted by molar-refractivity contribution is 5.89. The van der Waals surface area contributed by atoms with Crippen LogP contribution in [0.5, 0.6) is 0 Å². The van der Waals surface area contributed by atoms with Gasteiger partial charge in [0.2, 0.25) is 11.8 Å². The first-order chi connectivity index (χ1) is 12.4. The number of aromatic nitrogens is 2. The van der Waals surface area contributed by atoms with Gasteiger partial charge in [-0.15, -0.1) is 0 Å². The summed E-state index contributed by atoms with van der Waals surface area (Å²) in [4.78, 5) is 36.6. The monoisotopic (exact) mass is 357 g/mol. The van der Waals surface area contributed by atoms with E-state index in [4.69, 9.17) is 5.73 Å². The van der Waals surface area contributed by atoms with Crippen molar-refractivity contribution in [1.82, 2.24) is 19.8 Å². The van der Waals surface area contributed by atoms with Gasteiger partial charge in [-0.25, -0.2) is 4.98 Å². The van der Waals surface area contributed by atoms with Gasteiger partial charge in [-0.1, -0.05) is 6.07 Å². The number of rotatable bonds is 5. The van der Waals surface area contributed by atoms with Crippen molar-refractivity contribution >= 4 is 22.8 Å². The number of imidazole rings is 1. The van der Waals surface area contributed by atoms with E-state index in [-0.39, 0.29) is 24.3 Å². The number of nitrogens with zero attached hydrogens (tertiary/aromatic N) is 3. The SMILES string of the molecule is CCN(CC)C(=O)[C@@H]1C[C@H](N)CN1C(=O)Cc1ccc2nc(C)[nH]c2c1. The molecule has 1 aliphatic rings. The van der Waals surface area contributed by atoms with Gasteiger partial charge >= 0.3 is 0 Å². The van der Waals surface area contributed by atoms with Crippen LogP contribution in [0.3, 0.4) is 0 Å². The largest absolute Gasteiger partial charge is 0.342 e. The Bertz CT molecular complexity index is 811. The molecule has 3 rings (SSSR count). The van der Waals surface area contributed by atoms with E-state index >= 15 is 0 Å². The molecular weight excluding hydrogens is 330 g/mol. The summed E-state index contributed by atoms with van der Waals surface area (Å²) in [6.07, 6.45) is 0.780. The van der Waals surface area contributed by atoms with Gasteiger partial charge in [-0.3, -0.25) is 9.59 Å². The predicted molar refractivity (Wildman–Crippen MR) is 101 cm³/mol. The lowest BCUT2D eigenvalue weighted by atomic mass is 10.1. The number of aryl methyl sites for hydroxylation is 1. The molecule has 1 aromatic carbocycles. The number of carbonyl (C=O) groups is 2. The zero-order valence-electron chi connectivity index (χ0n) is 15.7. The normalized spacial score (nSPS) is 19.9. The number of nitrogens with one attached hydrogen (secondary N) is 1. The second-order valence-electron chi connectivity index (χ2n) is 6.92. The van der Waals surface area contributed by atoms with E-state index in [0.717, 1.165) is 22.4 Å². The number of carbonyl (C=O) groups excluding carboxylic acids is 2. The van der Waals surface area contributed by atoms with Crippen molar-refractivity contribution in [3.8, 4) is 0 Å². The van der Waals surface area contributed by atoms with Crippen molar-refractivity contribution < 1.29 is 9.59 Å². The van der Waals surface area contributed by atoms with Crippen LogP contribution in [-0.2, 0) is 16.0 Å². The van der Waals surface area contributed by atoms with Crippen molar-refractivity contribution in [2.75, 3.05) is 19.6 Å². The van der Waals surface area contributed by atoms with E-state index in [0.29, 0.717) is 26.1 Å². The zero-order chi connectivity index (χ0) is 18.8. The molecule has 1 aliphatic heterocycles. The minimum Gasteiger partial charge on any atom is -0.342 e. The molecule has 2 aromatic rings. The number of likely N-dealkylation sites (tertiary alicyclic amines) is 1. The Balaban J connectivity index is 1.76. The maximum absolute atomic E-state index is 12.9. The van der Waals surface area contributed by atoms with E-state index in [9.17, 15) is 9.59 Å². The molecule has 0 aliphatic carbocycles. The first-order valence-electron chi connectivity index (χ1n) is 9.22. The Hall–Kier alpha value is -2.41. The van der Waals surface area contributed by atoms with Crippen molar-refractivity contribution in [3.05, 3.63) is 29.6 Å². The smallest absolute Gasteiger partial charge is 0.245 e. The van der Waals surface area contributed by atoms with Gasteiger partial charge in [0.05, 0.1) is 17.5 Å². The highest BCUT2D eigenvalue weighted by Gasteiger charge is 2.39. The molecule has 3 N–H and O–H groups in total. The summed E-state index contributed by atoms with van der Waals surface area (Å²) in [6.45, 7) is 7.51. The quantitative estimate of drug-likeness (QED) is 0.841. The van der Waals surface area contributed by atoms with Crippen molar-refractivity contribution in [3.63, 3.8) is 0 Å². The van der Waals surface area contributed by atoms with Gasteiger partial charge in [0.1, 0.15) is 11.9 Å². The summed E-state index contributed by atoms with van der Waals surface area (Å²) in [5.74, 6) is 0.786. The van der Waals surface area contributed by atoms with Crippen LogP contribution in [-0.4, -0.2) is 63.3 Å². The van der Waals surface area contributed by atoms with Crippen molar-refractivity contribution in [2.45, 2.75) is 45.7 Å². The molecule has 26 heavy (non-hydrogen) atoms. The zero-order valence-corrected chi connectivity index (χ0v) is 15.7. The van der Waals surface area contributed by atoms with Crippen molar-refractivity contribution in [1.29, 1.82) is 0 Å². The third kappa shape index (κ3) is 3.58. The molecule has 2 heterocycles. The van der Waals surface area contributed by atoms with Crippen LogP contribution in [0, 0.1) is 6.92 Å². The molecule has 1 aromatic heterocycles. The third-order valence-electron chi connectivity index (χ3n) is 5.03. The fourth-order valence-electron chi connectivity index (χ4n) is 3.69. The number of likely N-dealkylation sites (N-methyl/N-ethyl adjacent to an activating group) is 1. The van der Waals surface area contributed by atoms with Crippen molar-refractivity contribution in [2.24, 2.45) is 5.73 Å². The summed E-state index contributed by atoms with van der Waals surface area (Å²) >= 11 is 0. The van der Waals surface area contributed by atoms with Gasteiger partial charge in [0, 0.05) is 25.7 Å². The number of hydrogen-bond donors (Lipinski definition) is 2. The van der Waals surface area contributed by atoms with E-state index in [2.05, 4.69) is 9.97 Å². The lowest BCUT2D eigenvalue weighted by Gasteiger charge is -2.29. The Morgan fingerprint density at radius 3 is 2.77 bits per heavy atom. The lowest BCUT2D eigenvalue weighted by molar-refractivity contribution is -0.143. The molecule has 2 amide bonds. The van der Waals surface area contributed by atoms with Crippen LogP contribution in [0.2, 0.25) is 0 Å². The second kappa shape index (κ2) is 7.45. The van der Waals surface area contributed by atoms with Crippen LogP contribution in [0.25, 0.3) is 11.0 Å². The molecule has 0 radical (unpaired) electrons. The highest BCUT2D eigenvalue weighted by atomic mass is 16.2. The third-order valence-corrected chi connectivity index (χ3v) is 5.03. The molecule has 0 spiro atoms. The molecule has 7 heteroatoms. The fraction of sp³-hybridized carbons (Fsp3) is 0.526. The standard InChI is InChI=1S/C19H27N5O2/c1-4-23(5-2)19(26)17-10-14(20)11-24(17)18(25)9-13-6-7-15-16(8-13)22-12(3)21-15/h6-8,14,17H,4-5,9-11,20H2,1-3H3,(H,21,22)/t14-,17-/m0/s1. The number of amides is 2. The second-order valence-corrected chi connectivity index (χ2v) is 6.92. The summed E-state index contributed by atoms with van der Waals surface area (Å²) in [5, 5.41) is 0. The van der Waals surface area contributed by atoms with Gasteiger partial charge in [0.15, 0.2) is 0 Å². The molecule has 7 nitrogen and oxygen atoms in total. The first-order valence-corrected chi connectivity index (χ1v) is 9.22. The minimum atomic E-state index is -0.449. The molecule has 1 fully saturated rings. The Kier molecular flexibility index (Phi) is 5.27. The molecule has 140 valence electrons. The van der Waals surface area contributed by atoms with Crippen LogP contribution < -0.4 is 5.73 Å². The Morgan fingerprint density at radius 1 is 1.35 bits per heavy atom. The lowest BCUT2D eigenvalue weighted by Crippen LogP contribution is -2.48. The average molecular weight is 357 g/mol. The summed E-state index contributed by atoms with van der Waals surface area (Å²) in [7, 11) is 0. The van der Waals surface area contributed by atoms with E-state index in [1.807, 2.05) is 39.0 Å². The maximum Gasteiger partial charge on any atom is 0.245 e. The predicted octanol–water partition coefficient (Wildman–Crippen LogP) is 1.21. The molecule has 0 saturated carbocycles. The Morgan fingerprint density at radius 2 is 2.08 bits per heavy atom. The van der Waals surface area contributed by atoms with Gasteiger partial charge in [0.25, 0.3) is 0 Å². The topological polar surface area (TPSA) is 95.3 Å². The van der Waals surface area contributed by atoms with E-state index < -0.39 is 6.04 Å². The molecule has 0 bridgehead atoms.